The molecule has 1 aliphatic heterocycles. The van der Waals surface area contributed by atoms with E-state index >= 15 is 0 Å². The minimum Gasteiger partial charge on any atom is -0.354 e. The second kappa shape index (κ2) is 9.49. The molecule has 0 bridgehead atoms. The summed E-state index contributed by atoms with van der Waals surface area (Å²) < 4.78 is 3.32. The normalized spacial score (nSPS) is 18.5. The number of hydrogen-bond donors (Lipinski definition) is 1. The highest BCUT2D eigenvalue weighted by Crippen LogP contribution is 2.32. The predicted octanol–water partition coefficient (Wildman–Crippen LogP) is 4.25. The van der Waals surface area contributed by atoms with Gasteiger partial charge in [0.1, 0.15) is 6.04 Å². The first-order valence-corrected chi connectivity index (χ1v) is 12.2. The number of hydrogen-bond acceptors (Lipinski definition) is 5. The molecule has 1 amide bonds. The van der Waals surface area contributed by atoms with E-state index in [-0.39, 0.29) is 11.5 Å². The van der Waals surface area contributed by atoms with E-state index in [0.29, 0.717) is 18.0 Å². The molecule has 0 radical (unpaired) electrons. The van der Waals surface area contributed by atoms with Gasteiger partial charge in [-0.25, -0.2) is 4.68 Å². The highest BCUT2D eigenvalue weighted by atomic mass is 32.1. The van der Waals surface area contributed by atoms with E-state index < -0.39 is 6.04 Å². The van der Waals surface area contributed by atoms with Crippen molar-refractivity contribution >= 4 is 37.4 Å². The van der Waals surface area contributed by atoms with E-state index in [2.05, 4.69) is 22.2 Å². The minimum absolute atomic E-state index is 0.154. The van der Waals surface area contributed by atoms with Crippen molar-refractivity contribution in [1.29, 1.82) is 0 Å². The maximum atomic E-state index is 13.2. The molecule has 4 rings (SSSR count). The summed E-state index contributed by atoms with van der Waals surface area (Å²) in [5.74, 6) is -0.154. The first kappa shape index (κ1) is 22.0. The molecule has 3 heterocycles. The molecule has 2 aromatic heterocycles. The van der Waals surface area contributed by atoms with Crippen molar-refractivity contribution in [3.05, 3.63) is 40.3 Å². The van der Waals surface area contributed by atoms with Crippen LogP contribution in [0.5, 0.6) is 0 Å². The molecule has 7 heteroatoms. The average Bonchev–Trinajstić information content (AvgIpc) is 3.19. The molecule has 1 saturated heterocycles. The Morgan fingerprint density at radius 2 is 2.13 bits per heavy atom. The lowest BCUT2D eigenvalue weighted by Crippen LogP contribution is -2.41. The van der Waals surface area contributed by atoms with Crippen molar-refractivity contribution in [3.63, 3.8) is 0 Å². The number of amides is 1. The second-order valence-corrected chi connectivity index (χ2v) is 9.60. The van der Waals surface area contributed by atoms with Crippen molar-refractivity contribution in [2.45, 2.75) is 65.0 Å². The van der Waals surface area contributed by atoms with Crippen LogP contribution < -0.4 is 10.9 Å². The molecule has 166 valence electrons. The number of benzene rings is 1. The number of likely N-dealkylation sites (tertiary alicyclic amines) is 1. The highest BCUT2D eigenvalue weighted by Gasteiger charge is 2.23. The Morgan fingerprint density at radius 1 is 1.32 bits per heavy atom. The summed E-state index contributed by atoms with van der Waals surface area (Å²) in [6.07, 6.45) is 6.00. The maximum absolute atomic E-state index is 13.2. The highest BCUT2D eigenvalue weighted by molar-refractivity contribution is 7.26. The molecule has 0 aliphatic carbocycles. The van der Waals surface area contributed by atoms with Crippen LogP contribution in [0.2, 0.25) is 0 Å². The van der Waals surface area contributed by atoms with Gasteiger partial charge in [-0.1, -0.05) is 31.5 Å². The number of nitrogens with zero attached hydrogens (tertiary/aromatic N) is 3. The molecule has 1 N–H and O–H groups in total. The van der Waals surface area contributed by atoms with Crippen LogP contribution in [0.3, 0.4) is 0 Å². The van der Waals surface area contributed by atoms with Crippen LogP contribution in [0, 0.1) is 6.92 Å². The third kappa shape index (κ3) is 4.39. The van der Waals surface area contributed by atoms with Gasteiger partial charge in [0.05, 0.1) is 15.8 Å². The zero-order chi connectivity index (χ0) is 22.0. The van der Waals surface area contributed by atoms with Gasteiger partial charge in [0.15, 0.2) is 0 Å². The smallest absolute Gasteiger partial charge is 0.276 e. The van der Waals surface area contributed by atoms with Gasteiger partial charge >= 0.3 is 0 Å². The molecule has 0 saturated carbocycles. The number of piperidine rings is 1. The molecular weight excluding hydrogens is 408 g/mol. The number of aromatic nitrogens is 2. The van der Waals surface area contributed by atoms with Crippen LogP contribution in [0.25, 0.3) is 20.2 Å². The van der Waals surface area contributed by atoms with Crippen LogP contribution in [0.4, 0.5) is 0 Å². The third-order valence-corrected chi connectivity index (χ3v) is 7.77. The Bertz CT molecular complexity index is 1140. The van der Waals surface area contributed by atoms with Crippen LogP contribution in [0.15, 0.2) is 29.1 Å². The monoisotopic (exact) mass is 440 g/mol. The topological polar surface area (TPSA) is 67.2 Å². The number of aryl methyl sites for hydroxylation is 1. The van der Waals surface area contributed by atoms with Gasteiger partial charge in [0.25, 0.3) is 5.56 Å². The van der Waals surface area contributed by atoms with Gasteiger partial charge in [-0.15, -0.1) is 11.3 Å². The maximum Gasteiger partial charge on any atom is 0.276 e. The summed E-state index contributed by atoms with van der Waals surface area (Å²) in [4.78, 5) is 28.6. The molecule has 31 heavy (non-hydrogen) atoms. The zero-order valence-corrected chi connectivity index (χ0v) is 19.5. The van der Waals surface area contributed by atoms with Crippen LogP contribution in [-0.2, 0) is 4.79 Å². The SMILES string of the molecule is CC[C@H]1CCCCN1CCCNC(=O)[C@@H](C)n1nc(C)c2sc3ccccc3c2c1=O. The summed E-state index contributed by atoms with van der Waals surface area (Å²) >= 11 is 1.58. The van der Waals surface area contributed by atoms with E-state index in [1.54, 1.807) is 18.3 Å². The molecule has 6 nitrogen and oxygen atoms in total. The van der Waals surface area contributed by atoms with Crippen molar-refractivity contribution in [2.75, 3.05) is 19.6 Å². The lowest BCUT2D eigenvalue weighted by Gasteiger charge is -2.35. The zero-order valence-electron chi connectivity index (χ0n) is 18.7. The molecule has 1 aliphatic rings. The Hall–Kier alpha value is -2.25. The molecule has 2 atom stereocenters. The summed E-state index contributed by atoms with van der Waals surface area (Å²) in [6.45, 7) is 8.70. The van der Waals surface area contributed by atoms with E-state index in [4.69, 9.17) is 0 Å². The molecule has 1 fully saturated rings. The number of carbonyl (C=O) groups excluding carboxylic acids is 1. The van der Waals surface area contributed by atoms with Crippen LogP contribution in [-0.4, -0.2) is 46.3 Å². The van der Waals surface area contributed by atoms with Crippen LogP contribution >= 0.6 is 11.3 Å². The number of fused-ring (bicyclic) bond motifs is 3. The van der Waals surface area contributed by atoms with Gasteiger partial charge in [-0.2, -0.15) is 5.10 Å². The van der Waals surface area contributed by atoms with Crippen molar-refractivity contribution in [3.8, 4) is 0 Å². The number of rotatable bonds is 7. The summed E-state index contributed by atoms with van der Waals surface area (Å²) in [5.41, 5.74) is 0.589. The average molecular weight is 441 g/mol. The quantitative estimate of drug-likeness (QED) is 0.558. The fourth-order valence-corrected chi connectivity index (χ4v) is 5.85. The molecule has 0 spiro atoms. The fraction of sp³-hybridized carbons (Fsp3) is 0.542. The Kier molecular flexibility index (Phi) is 6.72. The standard InChI is InChI=1S/C24H32N4O2S/c1-4-18-10-7-8-14-27(18)15-9-13-25-23(29)17(3)28-24(30)21-19-11-5-6-12-20(19)31-22(21)16(2)26-28/h5-6,11-12,17-18H,4,7-10,13-15H2,1-3H3,(H,25,29)/t17-,18+/m1/s1. The van der Waals surface area contributed by atoms with Gasteiger partial charge in [-0.3, -0.25) is 9.59 Å². The van der Waals surface area contributed by atoms with Gasteiger partial charge < -0.3 is 10.2 Å². The van der Waals surface area contributed by atoms with Crippen molar-refractivity contribution in [1.82, 2.24) is 20.0 Å². The molecule has 0 unspecified atom stereocenters. The van der Waals surface area contributed by atoms with Gasteiger partial charge in [0.2, 0.25) is 5.91 Å². The molecular formula is C24H32N4O2S. The summed E-state index contributed by atoms with van der Waals surface area (Å²) in [5, 5.41) is 9.11. The first-order valence-electron chi connectivity index (χ1n) is 11.4. The predicted molar refractivity (Wildman–Crippen MR) is 128 cm³/mol. The van der Waals surface area contributed by atoms with E-state index in [9.17, 15) is 9.59 Å². The number of nitrogens with one attached hydrogen (secondary N) is 1. The largest absolute Gasteiger partial charge is 0.354 e. The lowest BCUT2D eigenvalue weighted by molar-refractivity contribution is -0.124. The first-order chi connectivity index (χ1) is 15.0. The summed E-state index contributed by atoms with van der Waals surface area (Å²) in [6, 6.07) is 7.94. The van der Waals surface area contributed by atoms with Crippen molar-refractivity contribution < 1.29 is 4.79 Å². The van der Waals surface area contributed by atoms with Crippen molar-refractivity contribution in [2.24, 2.45) is 0 Å². The lowest BCUT2D eigenvalue weighted by atomic mass is 10.00. The molecule has 1 aromatic carbocycles. The Balaban J connectivity index is 1.44. The van der Waals surface area contributed by atoms with Gasteiger partial charge in [0, 0.05) is 29.2 Å². The Labute approximate surface area is 187 Å². The van der Waals surface area contributed by atoms with Gasteiger partial charge in [-0.05, 0) is 52.1 Å². The third-order valence-electron chi connectivity index (χ3n) is 6.49. The second-order valence-electron chi connectivity index (χ2n) is 8.55. The number of carbonyl (C=O) groups is 1. The Morgan fingerprint density at radius 3 is 2.94 bits per heavy atom. The number of thiophene rings is 1. The van der Waals surface area contributed by atoms with E-state index in [0.717, 1.165) is 40.0 Å². The summed E-state index contributed by atoms with van der Waals surface area (Å²) in [7, 11) is 0. The molecule has 3 aromatic rings. The van der Waals surface area contributed by atoms with E-state index in [1.807, 2.05) is 31.2 Å². The minimum atomic E-state index is -0.646. The fourth-order valence-electron chi connectivity index (χ4n) is 4.71. The van der Waals surface area contributed by atoms with Crippen LogP contribution in [0.1, 0.15) is 57.7 Å². The van der Waals surface area contributed by atoms with E-state index in [1.165, 1.54) is 30.4 Å².